The first kappa shape index (κ1) is 12.1. The number of ether oxygens (including phenoxy) is 1. The smallest absolute Gasteiger partial charge is 0.249 e. The third-order valence-electron chi connectivity index (χ3n) is 2.27. The Kier molecular flexibility index (Phi) is 3.43. The fraction of sp³-hybridized carbons (Fsp3) is 0.400. The number of benzene rings is 1. The zero-order valence-electron chi connectivity index (χ0n) is 8.29. The lowest BCUT2D eigenvalue weighted by Gasteiger charge is -2.36. The minimum atomic E-state index is -2.67. The zero-order chi connectivity index (χ0) is 11.5. The summed E-state index contributed by atoms with van der Waals surface area (Å²) in [5, 5.41) is 38.0. The fourth-order valence-corrected chi connectivity index (χ4v) is 1.21. The maximum absolute atomic E-state index is 9.73. The molecule has 1 aromatic carbocycles. The second-order valence-electron chi connectivity index (χ2n) is 3.18. The number of hydrogen-bond acceptors (Lipinski definition) is 5. The van der Waals surface area contributed by atoms with Crippen molar-refractivity contribution in [2.45, 2.75) is 11.6 Å². The molecule has 0 aliphatic rings. The van der Waals surface area contributed by atoms with Crippen LogP contribution in [0.25, 0.3) is 0 Å². The Bertz CT molecular complexity index is 305. The third-order valence-corrected chi connectivity index (χ3v) is 2.27. The van der Waals surface area contributed by atoms with Crippen LogP contribution in [0.1, 0.15) is 5.56 Å². The molecule has 1 aromatic rings. The first-order chi connectivity index (χ1) is 6.98. The van der Waals surface area contributed by atoms with Crippen molar-refractivity contribution in [1.29, 1.82) is 0 Å². The van der Waals surface area contributed by atoms with E-state index in [1.54, 1.807) is 18.2 Å². The van der Waals surface area contributed by atoms with Crippen LogP contribution in [0.3, 0.4) is 0 Å². The summed E-state index contributed by atoms with van der Waals surface area (Å²) in [6, 6.07) is 7.64. The van der Waals surface area contributed by atoms with Gasteiger partial charge in [0.15, 0.2) is 0 Å². The van der Waals surface area contributed by atoms with Gasteiger partial charge in [-0.15, -0.1) is 0 Å². The Balaban J connectivity index is 3.12. The van der Waals surface area contributed by atoms with Gasteiger partial charge in [0.25, 0.3) is 0 Å². The predicted octanol–water partition coefficient (Wildman–Crippen LogP) is -0.849. The van der Waals surface area contributed by atoms with Gasteiger partial charge in [0.05, 0.1) is 0 Å². The molecule has 0 spiro atoms. The van der Waals surface area contributed by atoms with E-state index in [0.29, 0.717) is 0 Å². The van der Waals surface area contributed by atoms with Crippen LogP contribution in [0.5, 0.6) is 0 Å². The van der Waals surface area contributed by atoms with E-state index in [0.717, 1.165) is 7.11 Å². The largest absolute Gasteiger partial charge is 0.391 e. The van der Waals surface area contributed by atoms with Crippen molar-refractivity contribution in [2.75, 3.05) is 13.7 Å². The predicted molar refractivity (Wildman–Crippen MR) is 51.6 cm³/mol. The van der Waals surface area contributed by atoms with E-state index in [-0.39, 0.29) is 5.56 Å². The second kappa shape index (κ2) is 4.26. The topological polar surface area (TPSA) is 90.2 Å². The molecule has 0 saturated heterocycles. The summed E-state index contributed by atoms with van der Waals surface area (Å²) in [4.78, 5) is 0. The molecule has 1 atom stereocenters. The molecule has 4 N–H and O–H groups in total. The van der Waals surface area contributed by atoms with E-state index in [2.05, 4.69) is 4.74 Å². The molecule has 0 aliphatic heterocycles. The molecular weight excluding hydrogens is 200 g/mol. The molecule has 1 unspecified atom stereocenters. The minimum absolute atomic E-state index is 0.0309. The molecular formula is C10H14O5. The lowest BCUT2D eigenvalue weighted by molar-refractivity contribution is -0.382. The highest BCUT2D eigenvalue weighted by atomic mass is 16.7. The molecule has 0 bridgehead atoms. The molecule has 0 heterocycles. The molecule has 15 heavy (non-hydrogen) atoms. The Morgan fingerprint density at radius 2 is 1.67 bits per heavy atom. The van der Waals surface area contributed by atoms with Crippen molar-refractivity contribution in [3.8, 4) is 0 Å². The SMILES string of the molecule is COC(O)(CO)C(O)(O)c1ccccc1. The van der Waals surface area contributed by atoms with E-state index < -0.39 is 18.2 Å². The quantitative estimate of drug-likeness (QED) is 0.490. The van der Waals surface area contributed by atoms with E-state index in [1.807, 2.05) is 0 Å². The average Bonchev–Trinajstić information content (AvgIpc) is 2.29. The van der Waals surface area contributed by atoms with Gasteiger partial charge in [-0.3, -0.25) is 0 Å². The third kappa shape index (κ3) is 2.01. The summed E-state index contributed by atoms with van der Waals surface area (Å²) in [5.74, 6) is -5.12. The molecule has 5 nitrogen and oxygen atoms in total. The lowest BCUT2D eigenvalue weighted by atomic mass is 9.97. The number of hydrogen-bond donors (Lipinski definition) is 4. The molecule has 0 saturated carbocycles. The summed E-state index contributed by atoms with van der Waals surface area (Å²) in [5.41, 5.74) is 0.0309. The number of rotatable bonds is 4. The van der Waals surface area contributed by atoms with Crippen molar-refractivity contribution in [3.63, 3.8) is 0 Å². The Labute approximate surface area is 87.2 Å². The van der Waals surface area contributed by atoms with Gasteiger partial charge in [0.1, 0.15) is 6.61 Å². The van der Waals surface area contributed by atoms with Crippen LogP contribution >= 0.6 is 0 Å². The van der Waals surface area contributed by atoms with Crippen LogP contribution in [-0.4, -0.2) is 39.9 Å². The maximum atomic E-state index is 9.73. The normalized spacial score (nSPS) is 16.1. The van der Waals surface area contributed by atoms with Gasteiger partial charge < -0.3 is 25.2 Å². The monoisotopic (exact) mass is 214 g/mol. The average molecular weight is 214 g/mol. The van der Waals surface area contributed by atoms with Gasteiger partial charge in [0.2, 0.25) is 11.6 Å². The van der Waals surface area contributed by atoms with Crippen molar-refractivity contribution < 1.29 is 25.2 Å². The maximum Gasteiger partial charge on any atom is 0.249 e. The van der Waals surface area contributed by atoms with Crippen molar-refractivity contribution in [3.05, 3.63) is 35.9 Å². The summed E-state index contributed by atoms with van der Waals surface area (Å²) in [6.07, 6.45) is 0. The molecule has 1 rings (SSSR count). The molecule has 0 radical (unpaired) electrons. The molecule has 0 amide bonds. The summed E-state index contributed by atoms with van der Waals surface area (Å²) in [6.45, 7) is -0.939. The number of methoxy groups -OCH3 is 1. The Morgan fingerprint density at radius 3 is 2.07 bits per heavy atom. The van der Waals surface area contributed by atoms with E-state index >= 15 is 0 Å². The van der Waals surface area contributed by atoms with E-state index in [9.17, 15) is 15.3 Å². The van der Waals surface area contributed by atoms with Crippen molar-refractivity contribution >= 4 is 0 Å². The molecule has 0 fully saturated rings. The summed E-state index contributed by atoms with van der Waals surface area (Å²) >= 11 is 0. The molecule has 5 heteroatoms. The van der Waals surface area contributed by atoms with Crippen LogP contribution in [0.15, 0.2) is 30.3 Å². The fourth-order valence-electron chi connectivity index (χ4n) is 1.21. The lowest BCUT2D eigenvalue weighted by Crippen LogP contribution is -2.55. The highest BCUT2D eigenvalue weighted by molar-refractivity contribution is 5.22. The van der Waals surface area contributed by atoms with Crippen LogP contribution < -0.4 is 0 Å². The molecule has 84 valence electrons. The number of aliphatic hydroxyl groups excluding tert-OH is 1. The number of aliphatic hydroxyl groups is 4. The molecule has 0 aliphatic carbocycles. The van der Waals surface area contributed by atoms with Gasteiger partial charge in [0, 0.05) is 12.7 Å². The van der Waals surface area contributed by atoms with E-state index in [1.165, 1.54) is 12.1 Å². The first-order valence-corrected chi connectivity index (χ1v) is 4.36. The zero-order valence-corrected chi connectivity index (χ0v) is 8.29. The van der Waals surface area contributed by atoms with Crippen molar-refractivity contribution in [1.82, 2.24) is 0 Å². The second-order valence-corrected chi connectivity index (χ2v) is 3.18. The summed E-state index contributed by atoms with van der Waals surface area (Å²) < 4.78 is 4.51. The van der Waals surface area contributed by atoms with Crippen LogP contribution in [-0.2, 0) is 10.5 Å². The highest BCUT2D eigenvalue weighted by Gasteiger charge is 2.50. The van der Waals surface area contributed by atoms with Crippen LogP contribution in [0, 0.1) is 0 Å². The standard InChI is InChI=1S/C10H14O5/c1-15-9(12,7-11)10(13,14)8-5-3-2-4-6-8/h2-6,11-14H,7H2,1H3. The Hall–Kier alpha value is -0.980. The van der Waals surface area contributed by atoms with Crippen LogP contribution in [0.4, 0.5) is 0 Å². The Morgan fingerprint density at radius 1 is 1.13 bits per heavy atom. The van der Waals surface area contributed by atoms with Gasteiger partial charge in [-0.2, -0.15) is 0 Å². The molecule has 0 aromatic heterocycles. The first-order valence-electron chi connectivity index (χ1n) is 4.36. The van der Waals surface area contributed by atoms with E-state index in [4.69, 9.17) is 5.11 Å². The van der Waals surface area contributed by atoms with Gasteiger partial charge in [-0.1, -0.05) is 30.3 Å². The summed E-state index contributed by atoms with van der Waals surface area (Å²) in [7, 11) is 1.07. The van der Waals surface area contributed by atoms with Crippen molar-refractivity contribution in [2.24, 2.45) is 0 Å². The van der Waals surface area contributed by atoms with Gasteiger partial charge in [-0.25, -0.2) is 0 Å². The highest BCUT2D eigenvalue weighted by Crippen LogP contribution is 2.30. The minimum Gasteiger partial charge on any atom is -0.391 e. The van der Waals surface area contributed by atoms with Gasteiger partial charge >= 0.3 is 0 Å². The van der Waals surface area contributed by atoms with Gasteiger partial charge in [-0.05, 0) is 0 Å². The van der Waals surface area contributed by atoms with Crippen LogP contribution in [0.2, 0.25) is 0 Å².